The van der Waals surface area contributed by atoms with Gasteiger partial charge in [-0.15, -0.1) is 11.3 Å². The van der Waals surface area contributed by atoms with Crippen LogP contribution in [0.15, 0.2) is 17.5 Å². The number of rotatable bonds is 3. The Hall–Kier alpha value is -0.380. The van der Waals surface area contributed by atoms with Crippen LogP contribution in [0.4, 0.5) is 0 Å². The highest BCUT2D eigenvalue weighted by Crippen LogP contribution is 2.26. The van der Waals surface area contributed by atoms with Crippen molar-refractivity contribution in [1.29, 1.82) is 0 Å². The van der Waals surface area contributed by atoms with Gasteiger partial charge in [-0.3, -0.25) is 0 Å². The second-order valence-electron chi connectivity index (χ2n) is 3.59. The minimum Gasteiger partial charge on any atom is -0.381 e. The maximum atomic E-state index is 6.07. The summed E-state index contributed by atoms with van der Waals surface area (Å²) in [5, 5.41) is 2.08. The molecule has 72 valence electrons. The smallest absolute Gasteiger partial charge is 0.0495 e. The highest BCUT2D eigenvalue weighted by molar-refractivity contribution is 7.10. The molecule has 0 bridgehead atoms. The van der Waals surface area contributed by atoms with Crippen LogP contribution in [-0.4, -0.2) is 13.2 Å². The molecule has 1 aliphatic rings. The summed E-state index contributed by atoms with van der Waals surface area (Å²) >= 11 is 1.75. The van der Waals surface area contributed by atoms with Gasteiger partial charge in [-0.2, -0.15) is 0 Å². The molecule has 1 aliphatic heterocycles. The summed E-state index contributed by atoms with van der Waals surface area (Å²) in [7, 11) is 0. The van der Waals surface area contributed by atoms with Crippen molar-refractivity contribution in [2.24, 2.45) is 11.7 Å². The molecule has 1 saturated heterocycles. The zero-order valence-electron chi connectivity index (χ0n) is 7.61. The maximum absolute atomic E-state index is 6.07. The molecule has 0 aliphatic carbocycles. The molecular weight excluding hydrogens is 182 g/mol. The van der Waals surface area contributed by atoms with Crippen molar-refractivity contribution in [3.05, 3.63) is 22.4 Å². The van der Waals surface area contributed by atoms with E-state index in [0.717, 1.165) is 19.6 Å². The molecule has 0 saturated carbocycles. The molecule has 2 N–H and O–H groups in total. The molecule has 2 atom stereocenters. The van der Waals surface area contributed by atoms with E-state index in [1.54, 1.807) is 11.3 Å². The summed E-state index contributed by atoms with van der Waals surface area (Å²) in [6, 6.07) is 4.39. The largest absolute Gasteiger partial charge is 0.381 e. The molecule has 0 aromatic carbocycles. The number of hydrogen-bond donors (Lipinski definition) is 1. The molecular formula is C10H15NOS. The van der Waals surface area contributed by atoms with Gasteiger partial charge < -0.3 is 10.5 Å². The maximum Gasteiger partial charge on any atom is 0.0495 e. The highest BCUT2D eigenvalue weighted by atomic mass is 32.1. The monoisotopic (exact) mass is 197 g/mol. The van der Waals surface area contributed by atoms with Gasteiger partial charge in [0.2, 0.25) is 0 Å². The van der Waals surface area contributed by atoms with Crippen molar-refractivity contribution in [1.82, 2.24) is 0 Å². The minimum absolute atomic E-state index is 0.215. The van der Waals surface area contributed by atoms with E-state index in [-0.39, 0.29) is 6.04 Å². The van der Waals surface area contributed by atoms with Crippen molar-refractivity contribution >= 4 is 11.3 Å². The van der Waals surface area contributed by atoms with E-state index in [1.165, 1.54) is 11.3 Å². The van der Waals surface area contributed by atoms with Crippen LogP contribution >= 0.6 is 11.3 Å². The standard InChI is InChI=1S/C10H15NOS/c11-9(10-2-1-5-13-10)6-8-3-4-12-7-8/h1-2,5,8-9H,3-4,6-7,11H2. The third kappa shape index (κ3) is 2.30. The van der Waals surface area contributed by atoms with Crippen LogP contribution in [-0.2, 0) is 4.74 Å². The summed E-state index contributed by atoms with van der Waals surface area (Å²) in [5.41, 5.74) is 6.07. The average molecular weight is 197 g/mol. The zero-order valence-corrected chi connectivity index (χ0v) is 8.43. The quantitative estimate of drug-likeness (QED) is 0.806. The number of thiophene rings is 1. The van der Waals surface area contributed by atoms with E-state index >= 15 is 0 Å². The number of nitrogens with two attached hydrogens (primary N) is 1. The van der Waals surface area contributed by atoms with Gasteiger partial charge in [0.1, 0.15) is 0 Å². The Balaban J connectivity index is 1.87. The van der Waals surface area contributed by atoms with Crippen LogP contribution < -0.4 is 5.73 Å². The van der Waals surface area contributed by atoms with E-state index < -0.39 is 0 Å². The molecule has 1 fully saturated rings. The summed E-state index contributed by atoms with van der Waals surface area (Å²) in [4.78, 5) is 1.30. The Morgan fingerprint density at radius 2 is 2.62 bits per heavy atom. The van der Waals surface area contributed by atoms with Gasteiger partial charge in [-0.1, -0.05) is 6.07 Å². The van der Waals surface area contributed by atoms with Crippen molar-refractivity contribution in [3.63, 3.8) is 0 Å². The molecule has 2 heterocycles. The lowest BCUT2D eigenvalue weighted by atomic mass is 9.99. The average Bonchev–Trinajstić information content (AvgIpc) is 2.74. The second-order valence-corrected chi connectivity index (χ2v) is 4.57. The molecule has 13 heavy (non-hydrogen) atoms. The van der Waals surface area contributed by atoms with Gasteiger partial charge in [0.25, 0.3) is 0 Å². The first-order valence-corrected chi connectivity index (χ1v) is 5.61. The van der Waals surface area contributed by atoms with Gasteiger partial charge in [-0.25, -0.2) is 0 Å². The Morgan fingerprint density at radius 3 is 3.23 bits per heavy atom. The minimum atomic E-state index is 0.215. The van der Waals surface area contributed by atoms with Crippen molar-refractivity contribution in [3.8, 4) is 0 Å². The molecule has 2 nitrogen and oxygen atoms in total. The lowest BCUT2D eigenvalue weighted by molar-refractivity contribution is 0.183. The van der Waals surface area contributed by atoms with E-state index in [2.05, 4.69) is 17.5 Å². The Kier molecular flexibility index (Phi) is 2.98. The van der Waals surface area contributed by atoms with Gasteiger partial charge in [0.15, 0.2) is 0 Å². The third-order valence-electron chi connectivity index (χ3n) is 2.52. The number of ether oxygens (including phenoxy) is 1. The highest BCUT2D eigenvalue weighted by Gasteiger charge is 2.19. The van der Waals surface area contributed by atoms with Crippen LogP contribution in [0.5, 0.6) is 0 Å². The molecule has 1 aromatic rings. The lowest BCUT2D eigenvalue weighted by Gasteiger charge is -2.13. The van der Waals surface area contributed by atoms with Crippen LogP contribution in [0.2, 0.25) is 0 Å². The fraction of sp³-hybridized carbons (Fsp3) is 0.600. The Bertz CT molecular complexity index is 241. The van der Waals surface area contributed by atoms with Gasteiger partial charge in [0.05, 0.1) is 0 Å². The summed E-state index contributed by atoms with van der Waals surface area (Å²) < 4.78 is 5.32. The van der Waals surface area contributed by atoms with Crippen molar-refractivity contribution in [2.45, 2.75) is 18.9 Å². The summed E-state index contributed by atoms with van der Waals surface area (Å²) in [6.07, 6.45) is 2.25. The fourth-order valence-electron chi connectivity index (χ4n) is 1.75. The summed E-state index contributed by atoms with van der Waals surface area (Å²) in [5.74, 6) is 0.678. The molecule has 1 aromatic heterocycles. The first-order chi connectivity index (χ1) is 6.36. The van der Waals surface area contributed by atoms with E-state index in [0.29, 0.717) is 5.92 Å². The second kappa shape index (κ2) is 4.22. The van der Waals surface area contributed by atoms with Crippen molar-refractivity contribution in [2.75, 3.05) is 13.2 Å². The topological polar surface area (TPSA) is 35.2 Å². The third-order valence-corrected chi connectivity index (χ3v) is 3.52. The Morgan fingerprint density at radius 1 is 1.69 bits per heavy atom. The molecule has 2 rings (SSSR count). The molecule has 3 heteroatoms. The molecule has 2 unspecified atom stereocenters. The van der Waals surface area contributed by atoms with E-state index in [9.17, 15) is 0 Å². The first-order valence-electron chi connectivity index (χ1n) is 4.73. The molecule has 0 amide bonds. The lowest BCUT2D eigenvalue weighted by Crippen LogP contribution is -2.14. The van der Waals surface area contributed by atoms with Crippen LogP contribution in [0, 0.1) is 5.92 Å². The first kappa shape index (κ1) is 9.19. The predicted octanol–water partition coefficient (Wildman–Crippen LogP) is 2.17. The SMILES string of the molecule is NC(CC1CCOC1)c1cccs1. The Labute approximate surface area is 82.7 Å². The van der Waals surface area contributed by atoms with Gasteiger partial charge in [-0.05, 0) is 30.2 Å². The predicted molar refractivity (Wildman–Crippen MR) is 54.8 cm³/mol. The molecule has 0 spiro atoms. The van der Waals surface area contributed by atoms with Crippen LogP contribution in [0.3, 0.4) is 0 Å². The van der Waals surface area contributed by atoms with Gasteiger partial charge >= 0.3 is 0 Å². The van der Waals surface area contributed by atoms with Gasteiger partial charge in [0, 0.05) is 24.1 Å². The zero-order chi connectivity index (χ0) is 9.10. The van der Waals surface area contributed by atoms with Crippen LogP contribution in [0.25, 0.3) is 0 Å². The normalized spacial score (nSPS) is 24.8. The van der Waals surface area contributed by atoms with E-state index in [1.807, 2.05) is 0 Å². The fourth-order valence-corrected chi connectivity index (χ4v) is 2.49. The molecule has 0 radical (unpaired) electrons. The van der Waals surface area contributed by atoms with Crippen molar-refractivity contribution < 1.29 is 4.74 Å². The van der Waals surface area contributed by atoms with E-state index in [4.69, 9.17) is 10.5 Å². The summed E-state index contributed by atoms with van der Waals surface area (Å²) in [6.45, 7) is 1.82. The number of hydrogen-bond acceptors (Lipinski definition) is 3. The van der Waals surface area contributed by atoms with Crippen LogP contribution in [0.1, 0.15) is 23.8 Å².